The first-order chi connectivity index (χ1) is 6.53. The van der Waals surface area contributed by atoms with Crippen LogP contribution in [0.5, 0.6) is 0 Å². The van der Waals surface area contributed by atoms with Gasteiger partial charge in [-0.05, 0) is 19.3 Å². The van der Waals surface area contributed by atoms with Crippen molar-refractivity contribution in [2.24, 2.45) is 5.41 Å². The summed E-state index contributed by atoms with van der Waals surface area (Å²) in [6, 6.07) is 0. The Kier molecular flexibility index (Phi) is 3.42. The van der Waals surface area contributed by atoms with Crippen molar-refractivity contribution in [3.05, 3.63) is 0 Å². The van der Waals surface area contributed by atoms with Crippen LogP contribution in [0.4, 0.5) is 8.78 Å². The molecule has 1 unspecified atom stereocenters. The van der Waals surface area contributed by atoms with E-state index in [1.165, 1.54) is 0 Å². The summed E-state index contributed by atoms with van der Waals surface area (Å²) in [5.74, 6) is -1.02. The van der Waals surface area contributed by atoms with Crippen molar-refractivity contribution in [2.75, 3.05) is 0 Å². The number of halogens is 2. The van der Waals surface area contributed by atoms with Crippen molar-refractivity contribution in [1.82, 2.24) is 0 Å². The molecule has 0 aromatic heterocycles. The van der Waals surface area contributed by atoms with E-state index in [0.717, 1.165) is 6.42 Å². The summed E-state index contributed by atoms with van der Waals surface area (Å²) < 4.78 is 28.4. The number of aliphatic carboxylic acids is 1. The van der Waals surface area contributed by atoms with Crippen molar-refractivity contribution in [2.45, 2.75) is 45.3 Å². The Morgan fingerprint density at radius 3 is 2.36 bits per heavy atom. The second-order valence-corrected chi connectivity index (χ2v) is 3.61. The van der Waals surface area contributed by atoms with E-state index in [1.54, 1.807) is 6.92 Å². The van der Waals surface area contributed by atoms with Crippen LogP contribution < -0.4 is 0 Å². The van der Waals surface area contributed by atoms with Crippen LogP contribution in [0.15, 0.2) is 0 Å². The fourth-order valence-corrected chi connectivity index (χ4v) is 1.97. The van der Waals surface area contributed by atoms with Crippen molar-refractivity contribution < 1.29 is 23.4 Å². The number of rotatable bonds is 5. The Labute approximate surface area is 81.1 Å². The summed E-state index contributed by atoms with van der Waals surface area (Å²) >= 11 is 0. The first-order valence-electron chi connectivity index (χ1n) is 4.70. The lowest BCUT2D eigenvalue weighted by Crippen LogP contribution is -2.49. The highest BCUT2D eigenvalue weighted by Crippen LogP contribution is 2.46. The SMILES string of the molecule is CCC(OC(F)F)C1(C(=O)O)CCC1. The van der Waals surface area contributed by atoms with Gasteiger partial charge in [0.25, 0.3) is 0 Å². The van der Waals surface area contributed by atoms with Crippen LogP contribution in [0.25, 0.3) is 0 Å². The highest BCUT2D eigenvalue weighted by atomic mass is 19.3. The molecule has 0 aliphatic heterocycles. The zero-order valence-electron chi connectivity index (χ0n) is 8.00. The zero-order chi connectivity index (χ0) is 10.8. The summed E-state index contributed by atoms with van der Waals surface area (Å²) in [5.41, 5.74) is -1.06. The molecule has 1 fully saturated rings. The quantitative estimate of drug-likeness (QED) is 0.753. The first kappa shape index (κ1) is 11.4. The Morgan fingerprint density at radius 2 is 2.14 bits per heavy atom. The predicted molar refractivity (Wildman–Crippen MR) is 45.1 cm³/mol. The predicted octanol–water partition coefficient (Wildman–Crippen LogP) is 2.26. The van der Waals surface area contributed by atoms with E-state index in [1.807, 2.05) is 0 Å². The highest BCUT2D eigenvalue weighted by Gasteiger charge is 2.51. The number of hydrogen-bond donors (Lipinski definition) is 1. The van der Waals surface area contributed by atoms with E-state index in [-0.39, 0.29) is 0 Å². The molecule has 0 radical (unpaired) electrons. The van der Waals surface area contributed by atoms with Crippen LogP contribution in [0.2, 0.25) is 0 Å². The van der Waals surface area contributed by atoms with Crippen LogP contribution in [0.3, 0.4) is 0 Å². The van der Waals surface area contributed by atoms with E-state index in [4.69, 9.17) is 5.11 Å². The Morgan fingerprint density at radius 1 is 1.57 bits per heavy atom. The number of ether oxygens (including phenoxy) is 1. The molecular formula is C9H14F2O3. The van der Waals surface area contributed by atoms with E-state index >= 15 is 0 Å². The van der Waals surface area contributed by atoms with Gasteiger partial charge in [-0.1, -0.05) is 13.3 Å². The van der Waals surface area contributed by atoms with Crippen LogP contribution >= 0.6 is 0 Å². The molecule has 1 rings (SSSR count). The average Bonchev–Trinajstić information content (AvgIpc) is 1.98. The lowest BCUT2D eigenvalue weighted by molar-refractivity contribution is -0.216. The molecule has 1 saturated carbocycles. The minimum Gasteiger partial charge on any atom is -0.481 e. The number of carboxylic acid groups (broad SMARTS) is 1. The molecule has 5 heteroatoms. The molecule has 82 valence electrons. The van der Waals surface area contributed by atoms with Crippen molar-refractivity contribution in [3.63, 3.8) is 0 Å². The summed E-state index contributed by atoms with van der Waals surface area (Å²) in [7, 11) is 0. The van der Waals surface area contributed by atoms with Crippen LogP contribution in [0, 0.1) is 5.41 Å². The highest BCUT2D eigenvalue weighted by molar-refractivity contribution is 5.76. The molecule has 0 bridgehead atoms. The lowest BCUT2D eigenvalue weighted by atomic mass is 9.64. The second-order valence-electron chi connectivity index (χ2n) is 3.61. The van der Waals surface area contributed by atoms with Crippen molar-refractivity contribution in [1.29, 1.82) is 0 Å². The summed E-state index contributed by atoms with van der Waals surface area (Å²) in [4.78, 5) is 11.0. The molecular weight excluding hydrogens is 194 g/mol. The molecule has 0 amide bonds. The fourth-order valence-electron chi connectivity index (χ4n) is 1.97. The van der Waals surface area contributed by atoms with Crippen LogP contribution in [0.1, 0.15) is 32.6 Å². The number of hydrogen-bond acceptors (Lipinski definition) is 2. The topological polar surface area (TPSA) is 46.5 Å². The molecule has 0 heterocycles. The summed E-state index contributed by atoms with van der Waals surface area (Å²) in [6.45, 7) is -1.23. The average molecular weight is 208 g/mol. The Bertz CT molecular complexity index is 214. The molecule has 14 heavy (non-hydrogen) atoms. The Balaban J connectivity index is 2.70. The monoisotopic (exact) mass is 208 g/mol. The maximum Gasteiger partial charge on any atom is 0.345 e. The van der Waals surface area contributed by atoms with Gasteiger partial charge in [0, 0.05) is 0 Å². The molecule has 3 nitrogen and oxygen atoms in total. The van der Waals surface area contributed by atoms with Gasteiger partial charge in [-0.2, -0.15) is 8.78 Å². The minimum absolute atomic E-state index is 0.302. The molecule has 1 aliphatic carbocycles. The zero-order valence-corrected chi connectivity index (χ0v) is 8.00. The molecule has 0 aromatic carbocycles. The third-order valence-electron chi connectivity index (χ3n) is 2.93. The van der Waals surface area contributed by atoms with Gasteiger partial charge in [-0.15, -0.1) is 0 Å². The maximum atomic E-state index is 12.0. The number of carboxylic acids is 1. The fraction of sp³-hybridized carbons (Fsp3) is 0.889. The van der Waals surface area contributed by atoms with Crippen molar-refractivity contribution in [3.8, 4) is 0 Å². The van der Waals surface area contributed by atoms with Gasteiger partial charge in [0.05, 0.1) is 11.5 Å². The number of carbonyl (C=O) groups is 1. The standard InChI is InChI=1S/C9H14F2O3/c1-2-6(14-8(10)11)9(7(12)13)4-3-5-9/h6,8H,2-5H2,1H3,(H,12,13). The van der Waals surface area contributed by atoms with Gasteiger partial charge >= 0.3 is 12.6 Å². The largest absolute Gasteiger partial charge is 0.481 e. The molecule has 1 N–H and O–H groups in total. The van der Waals surface area contributed by atoms with E-state index < -0.39 is 24.1 Å². The Hall–Kier alpha value is -0.710. The van der Waals surface area contributed by atoms with Gasteiger partial charge in [-0.3, -0.25) is 4.79 Å². The molecule has 0 saturated heterocycles. The normalized spacial score (nSPS) is 21.7. The molecule has 0 spiro atoms. The smallest absolute Gasteiger partial charge is 0.345 e. The van der Waals surface area contributed by atoms with E-state index in [2.05, 4.69) is 4.74 Å². The minimum atomic E-state index is -2.89. The summed E-state index contributed by atoms with van der Waals surface area (Å²) in [5, 5.41) is 8.97. The number of alkyl halides is 2. The van der Waals surface area contributed by atoms with E-state index in [9.17, 15) is 13.6 Å². The maximum absolute atomic E-state index is 12.0. The van der Waals surface area contributed by atoms with Gasteiger partial charge in [0.2, 0.25) is 0 Å². The van der Waals surface area contributed by atoms with Gasteiger partial charge in [0.15, 0.2) is 0 Å². The van der Waals surface area contributed by atoms with Crippen molar-refractivity contribution >= 4 is 5.97 Å². The molecule has 0 aromatic rings. The lowest BCUT2D eigenvalue weighted by Gasteiger charge is -2.43. The third kappa shape index (κ3) is 1.87. The van der Waals surface area contributed by atoms with Crippen LogP contribution in [-0.4, -0.2) is 23.8 Å². The summed E-state index contributed by atoms with van der Waals surface area (Å²) in [6.07, 6.45) is 1.08. The van der Waals surface area contributed by atoms with Gasteiger partial charge < -0.3 is 9.84 Å². The third-order valence-corrected chi connectivity index (χ3v) is 2.93. The van der Waals surface area contributed by atoms with Gasteiger partial charge in [0.1, 0.15) is 0 Å². The molecule has 1 atom stereocenters. The van der Waals surface area contributed by atoms with Gasteiger partial charge in [-0.25, -0.2) is 0 Å². The van der Waals surface area contributed by atoms with Crippen LogP contribution in [-0.2, 0) is 9.53 Å². The molecule has 1 aliphatic rings. The second kappa shape index (κ2) is 4.21. The van der Waals surface area contributed by atoms with E-state index in [0.29, 0.717) is 19.3 Å². The first-order valence-corrected chi connectivity index (χ1v) is 4.70.